The van der Waals surface area contributed by atoms with Crippen LogP contribution in [0.4, 0.5) is 0 Å². The van der Waals surface area contributed by atoms with Crippen LogP contribution in [0.3, 0.4) is 0 Å². The molecule has 0 spiro atoms. The molecule has 3 nitrogen and oxygen atoms in total. The second-order valence-electron chi connectivity index (χ2n) is 9.30. The standard InChI is InChI=1S/C28H33N3/c1-30(2)28(23-10-4-3-5-11-23)17-14-22(15-18-28)27-25(16-21-31-19-8-9-20-31)24-12-6-7-13-26(24)29-27/h3-13,19-20,22,29H,14-18,21H2,1-2H3. The Balaban J connectivity index is 1.43. The number of para-hydroxylation sites is 1. The Labute approximate surface area is 185 Å². The summed E-state index contributed by atoms with van der Waals surface area (Å²) in [5, 5.41) is 1.40. The number of rotatable bonds is 6. The lowest BCUT2D eigenvalue weighted by Crippen LogP contribution is -2.44. The minimum absolute atomic E-state index is 0.148. The molecule has 0 amide bonds. The van der Waals surface area contributed by atoms with Crippen LogP contribution >= 0.6 is 0 Å². The fourth-order valence-corrected chi connectivity index (χ4v) is 5.73. The monoisotopic (exact) mass is 411 g/mol. The number of nitrogens with one attached hydrogen (secondary N) is 1. The third-order valence-electron chi connectivity index (χ3n) is 7.52. The van der Waals surface area contributed by atoms with Gasteiger partial charge in [0.2, 0.25) is 0 Å². The lowest BCUT2D eigenvalue weighted by molar-refractivity contribution is 0.0903. The van der Waals surface area contributed by atoms with Gasteiger partial charge < -0.3 is 9.55 Å². The number of fused-ring (bicyclic) bond motifs is 1. The van der Waals surface area contributed by atoms with E-state index in [4.69, 9.17) is 0 Å². The van der Waals surface area contributed by atoms with E-state index in [1.54, 1.807) is 0 Å². The molecule has 5 rings (SSSR count). The van der Waals surface area contributed by atoms with Crippen LogP contribution < -0.4 is 0 Å². The number of aromatic amines is 1. The Bertz CT molecular complexity index is 1110. The van der Waals surface area contributed by atoms with Crippen molar-refractivity contribution in [3.63, 3.8) is 0 Å². The second-order valence-corrected chi connectivity index (χ2v) is 9.30. The number of benzene rings is 2. The van der Waals surface area contributed by atoms with E-state index in [9.17, 15) is 0 Å². The Hall–Kier alpha value is -2.78. The molecule has 1 saturated carbocycles. The highest BCUT2D eigenvalue weighted by Crippen LogP contribution is 2.47. The van der Waals surface area contributed by atoms with Crippen molar-refractivity contribution in [2.45, 2.75) is 50.1 Å². The first kappa shape index (κ1) is 20.1. The summed E-state index contributed by atoms with van der Waals surface area (Å²) < 4.78 is 2.29. The van der Waals surface area contributed by atoms with Crippen LogP contribution in [-0.4, -0.2) is 28.5 Å². The van der Waals surface area contributed by atoms with E-state index in [-0.39, 0.29) is 5.54 Å². The van der Waals surface area contributed by atoms with E-state index in [0.29, 0.717) is 5.92 Å². The summed E-state index contributed by atoms with van der Waals surface area (Å²) in [5.41, 5.74) is 5.89. The van der Waals surface area contributed by atoms with E-state index in [0.717, 1.165) is 13.0 Å². The molecule has 4 aromatic rings. The van der Waals surface area contributed by atoms with E-state index in [1.165, 1.54) is 53.4 Å². The molecule has 0 bridgehead atoms. The summed E-state index contributed by atoms with van der Waals surface area (Å²) in [4.78, 5) is 6.29. The van der Waals surface area contributed by atoms with Crippen molar-refractivity contribution in [2.75, 3.05) is 14.1 Å². The van der Waals surface area contributed by atoms with Gasteiger partial charge in [-0.2, -0.15) is 0 Å². The molecule has 2 aromatic heterocycles. The minimum Gasteiger partial charge on any atom is -0.358 e. The van der Waals surface area contributed by atoms with Gasteiger partial charge in [0, 0.05) is 41.1 Å². The van der Waals surface area contributed by atoms with Gasteiger partial charge in [0.15, 0.2) is 0 Å². The molecule has 0 unspecified atom stereocenters. The quantitative estimate of drug-likeness (QED) is 0.394. The lowest BCUT2D eigenvalue weighted by Gasteiger charge is -2.45. The van der Waals surface area contributed by atoms with Crippen molar-refractivity contribution in [3.05, 3.63) is 95.9 Å². The van der Waals surface area contributed by atoms with Gasteiger partial charge in [0.25, 0.3) is 0 Å². The molecule has 0 aliphatic heterocycles. The minimum atomic E-state index is 0.148. The fraction of sp³-hybridized carbons (Fsp3) is 0.357. The van der Waals surface area contributed by atoms with E-state index in [1.807, 2.05) is 0 Å². The van der Waals surface area contributed by atoms with Gasteiger partial charge in [0.05, 0.1) is 0 Å². The van der Waals surface area contributed by atoms with Crippen LogP contribution in [-0.2, 0) is 18.5 Å². The molecule has 2 aromatic carbocycles. The van der Waals surface area contributed by atoms with Crippen LogP contribution in [0.5, 0.6) is 0 Å². The van der Waals surface area contributed by atoms with Gasteiger partial charge in [-0.05, 0) is 81.4 Å². The Morgan fingerprint density at radius 3 is 2.29 bits per heavy atom. The van der Waals surface area contributed by atoms with Gasteiger partial charge in [-0.15, -0.1) is 0 Å². The average molecular weight is 412 g/mol. The molecule has 0 atom stereocenters. The van der Waals surface area contributed by atoms with Crippen molar-refractivity contribution < 1.29 is 0 Å². The zero-order valence-electron chi connectivity index (χ0n) is 18.7. The highest BCUT2D eigenvalue weighted by molar-refractivity contribution is 5.84. The predicted octanol–water partition coefficient (Wildman–Crippen LogP) is 6.33. The first-order valence-corrected chi connectivity index (χ1v) is 11.6. The first-order valence-electron chi connectivity index (χ1n) is 11.6. The van der Waals surface area contributed by atoms with Crippen LogP contribution in [0.15, 0.2) is 79.1 Å². The Morgan fingerprint density at radius 1 is 0.903 bits per heavy atom. The third kappa shape index (κ3) is 3.72. The van der Waals surface area contributed by atoms with Crippen molar-refractivity contribution >= 4 is 10.9 Å². The normalized spacial score (nSPS) is 21.7. The van der Waals surface area contributed by atoms with Gasteiger partial charge in [-0.25, -0.2) is 0 Å². The topological polar surface area (TPSA) is 24.0 Å². The van der Waals surface area contributed by atoms with E-state index in [2.05, 4.69) is 108 Å². The molecule has 1 fully saturated rings. The number of hydrogen-bond acceptors (Lipinski definition) is 1. The van der Waals surface area contributed by atoms with Crippen LogP contribution in [0.2, 0.25) is 0 Å². The number of hydrogen-bond donors (Lipinski definition) is 1. The molecule has 3 heteroatoms. The van der Waals surface area contributed by atoms with Crippen molar-refractivity contribution in [1.82, 2.24) is 14.5 Å². The zero-order chi connectivity index (χ0) is 21.3. The van der Waals surface area contributed by atoms with Crippen LogP contribution in [0.25, 0.3) is 10.9 Å². The summed E-state index contributed by atoms with van der Waals surface area (Å²) in [5.74, 6) is 0.601. The third-order valence-corrected chi connectivity index (χ3v) is 7.52. The maximum absolute atomic E-state index is 3.84. The molecule has 1 aliphatic carbocycles. The summed E-state index contributed by atoms with van der Waals surface area (Å²) in [6.07, 6.45) is 10.2. The Kier molecular flexibility index (Phi) is 5.45. The molecular formula is C28H33N3. The largest absolute Gasteiger partial charge is 0.358 e. The molecule has 1 aliphatic rings. The van der Waals surface area contributed by atoms with Crippen LogP contribution in [0.1, 0.15) is 48.4 Å². The van der Waals surface area contributed by atoms with Crippen LogP contribution in [0, 0.1) is 0 Å². The summed E-state index contributed by atoms with van der Waals surface area (Å²) in [6.45, 7) is 1.03. The van der Waals surface area contributed by atoms with Crippen molar-refractivity contribution in [3.8, 4) is 0 Å². The molecule has 31 heavy (non-hydrogen) atoms. The maximum Gasteiger partial charge on any atom is 0.0459 e. The number of aromatic nitrogens is 2. The summed E-state index contributed by atoms with van der Waals surface area (Å²) in [7, 11) is 4.50. The first-order chi connectivity index (χ1) is 15.2. The zero-order valence-corrected chi connectivity index (χ0v) is 18.7. The summed E-state index contributed by atoms with van der Waals surface area (Å²) >= 11 is 0. The smallest absolute Gasteiger partial charge is 0.0459 e. The number of aryl methyl sites for hydroxylation is 2. The fourth-order valence-electron chi connectivity index (χ4n) is 5.73. The van der Waals surface area contributed by atoms with Gasteiger partial charge in [-0.1, -0.05) is 48.5 Å². The Morgan fingerprint density at radius 2 is 1.58 bits per heavy atom. The van der Waals surface area contributed by atoms with Crippen molar-refractivity contribution in [2.24, 2.45) is 0 Å². The van der Waals surface area contributed by atoms with E-state index >= 15 is 0 Å². The molecule has 2 heterocycles. The second kappa shape index (κ2) is 8.39. The van der Waals surface area contributed by atoms with Gasteiger partial charge in [-0.3, -0.25) is 4.90 Å². The summed E-state index contributed by atoms with van der Waals surface area (Å²) in [6, 6.07) is 24.2. The maximum atomic E-state index is 3.84. The number of H-pyrrole nitrogens is 1. The number of nitrogens with zero attached hydrogens (tertiary/aromatic N) is 2. The van der Waals surface area contributed by atoms with Crippen molar-refractivity contribution in [1.29, 1.82) is 0 Å². The molecule has 160 valence electrons. The molecule has 0 saturated heterocycles. The molecule has 0 radical (unpaired) electrons. The van der Waals surface area contributed by atoms with E-state index < -0.39 is 0 Å². The lowest BCUT2D eigenvalue weighted by atomic mass is 9.70. The van der Waals surface area contributed by atoms with Gasteiger partial charge in [0.1, 0.15) is 0 Å². The SMILES string of the molecule is CN(C)C1(c2ccccc2)CCC(c2[nH]c3ccccc3c2CCn2cccc2)CC1. The highest BCUT2D eigenvalue weighted by atomic mass is 15.1. The molecule has 1 N–H and O–H groups in total. The predicted molar refractivity (Wildman–Crippen MR) is 129 cm³/mol. The van der Waals surface area contributed by atoms with Gasteiger partial charge >= 0.3 is 0 Å². The average Bonchev–Trinajstić information content (AvgIpc) is 3.46. The highest BCUT2D eigenvalue weighted by Gasteiger charge is 2.39. The molecular weight excluding hydrogens is 378 g/mol.